The van der Waals surface area contributed by atoms with Crippen molar-refractivity contribution in [3.05, 3.63) is 0 Å². The molecule has 0 aliphatic carbocycles. The van der Waals surface area contributed by atoms with Gasteiger partial charge in [0.05, 0.1) is 0 Å². The van der Waals surface area contributed by atoms with E-state index >= 15 is 0 Å². The molecule has 1 heterocycles. The number of methoxy groups -OCH3 is 1. The Kier molecular flexibility index (Phi) is 5.40. The topological polar surface area (TPSA) is 41.6 Å². The van der Waals surface area contributed by atoms with E-state index in [9.17, 15) is 4.79 Å². The number of likely N-dealkylation sites (tertiary alicyclic amines) is 1. The van der Waals surface area contributed by atoms with Crippen molar-refractivity contribution < 1.29 is 9.53 Å². The summed E-state index contributed by atoms with van der Waals surface area (Å²) in [5, 5.41) is 3.51. The Hall–Kier alpha value is -0.610. The minimum Gasteiger partial charge on any atom is -0.375 e. The maximum Gasteiger partial charge on any atom is 0.248 e. The highest BCUT2D eigenvalue weighted by Crippen LogP contribution is 2.16. The van der Waals surface area contributed by atoms with Gasteiger partial charge >= 0.3 is 0 Å². The molecule has 4 heteroatoms. The van der Waals surface area contributed by atoms with Crippen LogP contribution in [0.4, 0.5) is 0 Å². The minimum atomic E-state index is 0.118. The molecule has 1 saturated heterocycles. The first-order valence-corrected chi connectivity index (χ1v) is 6.44. The molecule has 100 valence electrons. The molecule has 4 nitrogen and oxygen atoms in total. The molecule has 0 radical (unpaired) electrons. The largest absolute Gasteiger partial charge is 0.375 e. The normalized spacial score (nSPS) is 21.6. The predicted molar refractivity (Wildman–Crippen MR) is 68.9 cm³/mol. The molecular formula is C13H26N2O2. The summed E-state index contributed by atoms with van der Waals surface area (Å²) in [6.07, 6.45) is 2.31. The van der Waals surface area contributed by atoms with Crippen LogP contribution >= 0.6 is 0 Å². The lowest BCUT2D eigenvalue weighted by Gasteiger charge is -2.34. The van der Waals surface area contributed by atoms with E-state index < -0.39 is 0 Å². The van der Waals surface area contributed by atoms with Crippen molar-refractivity contribution in [3.8, 4) is 0 Å². The Morgan fingerprint density at radius 1 is 1.47 bits per heavy atom. The fourth-order valence-electron chi connectivity index (χ4n) is 2.12. The van der Waals surface area contributed by atoms with E-state index in [4.69, 9.17) is 4.74 Å². The van der Waals surface area contributed by atoms with Crippen LogP contribution in [0.2, 0.25) is 0 Å². The second-order valence-corrected chi connectivity index (χ2v) is 5.91. The van der Waals surface area contributed by atoms with E-state index in [1.54, 1.807) is 7.11 Å². The number of piperidine rings is 1. The standard InChI is InChI=1S/C13H26N2O2/c1-13(2,3)14-8-11-6-5-7-15(9-11)12(16)10-17-4/h11,14H,5-10H2,1-4H3/t11-/m0/s1. The van der Waals surface area contributed by atoms with E-state index in [-0.39, 0.29) is 18.1 Å². The summed E-state index contributed by atoms with van der Waals surface area (Å²) in [6.45, 7) is 9.45. The number of carbonyl (C=O) groups excluding carboxylic acids is 1. The van der Waals surface area contributed by atoms with Crippen LogP contribution < -0.4 is 5.32 Å². The maximum absolute atomic E-state index is 11.7. The first kappa shape index (κ1) is 14.5. The third-order valence-electron chi connectivity index (χ3n) is 3.06. The first-order valence-electron chi connectivity index (χ1n) is 6.44. The summed E-state index contributed by atoms with van der Waals surface area (Å²) in [5.74, 6) is 0.691. The van der Waals surface area contributed by atoms with Gasteiger partial charge in [-0.2, -0.15) is 0 Å². The molecule has 0 unspecified atom stereocenters. The summed E-state index contributed by atoms with van der Waals surface area (Å²) in [7, 11) is 1.57. The molecule has 1 rings (SSSR count). The Labute approximate surface area is 105 Å². The smallest absolute Gasteiger partial charge is 0.248 e. The molecule has 1 atom stereocenters. The van der Waals surface area contributed by atoms with Gasteiger partial charge < -0.3 is 15.0 Å². The molecule has 1 amide bonds. The molecule has 0 aromatic rings. The van der Waals surface area contributed by atoms with E-state index in [1.807, 2.05) is 4.90 Å². The summed E-state index contributed by atoms with van der Waals surface area (Å²) in [4.78, 5) is 13.7. The van der Waals surface area contributed by atoms with Gasteiger partial charge in [-0.1, -0.05) is 0 Å². The van der Waals surface area contributed by atoms with Crippen LogP contribution in [0, 0.1) is 5.92 Å². The molecule has 17 heavy (non-hydrogen) atoms. The number of amides is 1. The van der Waals surface area contributed by atoms with E-state index in [0.717, 1.165) is 26.1 Å². The van der Waals surface area contributed by atoms with E-state index in [2.05, 4.69) is 26.1 Å². The van der Waals surface area contributed by atoms with Crippen molar-refractivity contribution in [2.75, 3.05) is 33.4 Å². The monoisotopic (exact) mass is 242 g/mol. The van der Waals surface area contributed by atoms with Crippen molar-refractivity contribution in [2.24, 2.45) is 5.92 Å². The highest BCUT2D eigenvalue weighted by molar-refractivity contribution is 5.77. The van der Waals surface area contributed by atoms with Gasteiger partial charge in [0.1, 0.15) is 6.61 Å². The Bertz CT molecular complexity index is 248. The molecule has 0 aromatic heterocycles. The first-order chi connectivity index (χ1) is 7.92. The Balaban J connectivity index is 2.36. The highest BCUT2D eigenvalue weighted by atomic mass is 16.5. The Morgan fingerprint density at radius 3 is 2.76 bits per heavy atom. The molecular weight excluding hydrogens is 216 g/mol. The third-order valence-corrected chi connectivity index (χ3v) is 3.06. The van der Waals surface area contributed by atoms with Crippen LogP contribution in [0.5, 0.6) is 0 Å². The number of nitrogens with zero attached hydrogens (tertiary/aromatic N) is 1. The zero-order valence-corrected chi connectivity index (χ0v) is 11.6. The molecule has 0 spiro atoms. The van der Waals surface area contributed by atoms with E-state index in [0.29, 0.717) is 5.92 Å². The molecule has 1 aliphatic heterocycles. The summed E-state index contributed by atoms with van der Waals surface area (Å²) < 4.78 is 4.90. The molecule has 0 saturated carbocycles. The number of ether oxygens (including phenoxy) is 1. The zero-order valence-electron chi connectivity index (χ0n) is 11.6. The number of carbonyl (C=O) groups is 1. The SMILES string of the molecule is COCC(=O)N1CCC[C@@H](CNC(C)(C)C)C1. The molecule has 1 N–H and O–H groups in total. The highest BCUT2D eigenvalue weighted by Gasteiger charge is 2.24. The lowest BCUT2D eigenvalue weighted by Crippen LogP contribution is -2.47. The number of rotatable bonds is 4. The van der Waals surface area contributed by atoms with Crippen LogP contribution in [-0.2, 0) is 9.53 Å². The lowest BCUT2D eigenvalue weighted by molar-refractivity contribution is -0.136. The summed E-state index contributed by atoms with van der Waals surface area (Å²) >= 11 is 0. The number of hydrogen-bond acceptors (Lipinski definition) is 3. The van der Waals surface area contributed by atoms with Crippen LogP contribution in [0.15, 0.2) is 0 Å². The fourth-order valence-corrected chi connectivity index (χ4v) is 2.12. The third kappa shape index (κ3) is 5.50. The van der Waals surface area contributed by atoms with Gasteiger partial charge in [0.15, 0.2) is 0 Å². The van der Waals surface area contributed by atoms with Crippen molar-refractivity contribution in [1.82, 2.24) is 10.2 Å². The molecule has 0 bridgehead atoms. The number of hydrogen-bond donors (Lipinski definition) is 1. The van der Waals surface area contributed by atoms with Gasteiger partial charge in [-0.3, -0.25) is 4.79 Å². The second kappa shape index (κ2) is 6.36. The predicted octanol–water partition coefficient (Wildman–Crippen LogP) is 1.26. The fraction of sp³-hybridized carbons (Fsp3) is 0.923. The Morgan fingerprint density at radius 2 is 2.18 bits per heavy atom. The summed E-state index contributed by atoms with van der Waals surface area (Å²) in [5.41, 5.74) is 0.152. The average Bonchev–Trinajstić information content (AvgIpc) is 2.26. The van der Waals surface area contributed by atoms with Crippen LogP contribution in [-0.4, -0.2) is 49.7 Å². The van der Waals surface area contributed by atoms with E-state index in [1.165, 1.54) is 6.42 Å². The van der Waals surface area contributed by atoms with Gasteiger partial charge in [0, 0.05) is 32.3 Å². The van der Waals surface area contributed by atoms with Crippen molar-refractivity contribution in [1.29, 1.82) is 0 Å². The minimum absolute atomic E-state index is 0.118. The molecule has 0 aromatic carbocycles. The van der Waals surface area contributed by atoms with Crippen molar-refractivity contribution >= 4 is 5.91 Å². The van der Waals surface area contributed by atoms with Crippen LogP contribution in [0.3, 0.4) is 0 Å². The summed E-state index contributed by atoms with van der Waals surface area (Å²) in [6, 6.07) is 0. The van der Waals surface area contributed by atoms with Gasteiger partial charge in [-0.05, 0) is 39.5 Å². The second-order valence-electron chi connectivity index (χ2n) is 5.91. The van der Waals surface area contributed by atoms with Gasteiger partial charge in [0.2, 0.25) is 5.91 Å². The van der Waals surface area contributed by atoms with Crippen molar-refractivity contribution in [3.63, 3.8) is 0 Å². The molecule has 1 aliphatic rings. The quantitative estimate of drug-likeness (QED) is 0.807. The number of nitrogens with one attached hydrogen (secondary N) is 1. The van der Waals surface area contributed by atoms with Crippen LogP contribution in [0.1, 0.15) is 33.6 Å². The zero-order chi connectivity index (χ0) is 12.9. The van der Waals surface area contributed by atoms with Gasteiger partial charge in [-0.25, -0.2) is 0 Å². The molecule has 1 fully saturated rings. The lowest BCUT2D eigenvalue weighted by atomic mass is 9.96. The van der Waals surface area contributed by atoms with Crippen LogP contribution in [0.25, 0.3) is 0 Å². The van der Waals surface area contributed by atoms with Gasteiger partial charge in [0.25, 0.3) is 0 Å². The van der Waals surface area contributed by atoms with Crippen molar-refractivity contribution in [2.45, 2.75) is 39.2 Å². The van der Waals surface area contributed by atoms with Gasteiger partial charge in [-0.15, -0.1) is 0 Å². The average molecular weight is 242 g/mol. The maximum atomic E-state index is 11.7.